The van der Waals surface area contributed by atoms with Crippen molar-refractivity contribution in [1.82, 2.24) is 10.1 Å². The highest BCUT2D eigenvalue weighted by atomic mass is 16.7. The largest absolute Gasteiger partial charge is 0.373 e. The fraction of sp³-hybridized carbons (Fsp3) is 0.867. The summed E-state index contributed by atoms with van der Waals surface area (Å²) in [6.45, 7) is 4.87. The second-order valence-electron chi connectivity index (χ2n) is 5.29. The fourth-order valence-corrected chi connectivity index (χ4v) is 2.90. The first-order valence-corrected chi connectivity index (χ1v) is 7.89. The highest BCUT2D eigenvalue weighted by molar-refractivity contribution is 4.95. The molecule has 2 rings (SSSR count). The molecule has 1 aliphatic carbocycles. The number of hydrogen-bond donors (Lipinski definition) is 0. The van der Waals surface area contributed by atoms with Crippen LogP contribution in [0.1, 0.15) is 70.1 Å². The number of hydrogen-bond acceptors (Lipinski definition) is 6. The van der Waals surface area contributed by atoms with Crippen molar-refractivity contribution in [2.75, 3.05) is 20.3 Å². The zero-order chi connectivity index (χ0) is 15.1. The first kappa shape index (κ1) is 16.4. The van der Waals surface area contributed by atoms with Gasteiger partial charge >= 0.3 is 0 Å². The highest BCUT2D eigenvalue weighted by Gasteiger charge is 2.30. The van der Waals surface area contributed by atoms with Gasteiger partial charge in [-0.25, -0.2) is 0 Å². The van der Waals surface area contributed by atoms with Crippen LogP contribution in [0.2, 0.25) is 0 Å². The van der Waals surface area contributed by atoms with Crippen LogP contribution in [0.5, 0.6) is 0 Å². The molecule has 1 fully saturated rings. The Morgan fingerprint density at radius 2 is 1.81 bits per heavy atom. The molecule has 0 N–H and O–H groups in total. The normalized spacial score (nSPS) is 18.3. The molecule has 0 spiro atoms. The van der Waals surface area contributed by atoms with E-state index in [0.717, 1.165) is 12.8 Å². The van der Waals surface area contributed by atoms with Gasteiger partial charge in [-0.1, -0.05) is 24.4 Å². The van der Waals surface area contributed by atoms with Gasteiger partial charge in [0.2, 0.25) is 12.1 Å². The van der Waals surface area contributed by atoms with Crippen molar-refractivity contribution in [3.63, 3.8) is 0 Å². The third kappa shape index (κ3) is 4.25. The van der Waals surface area contributed by atoms with Gasteiger partial charge in [0, 0.05) is 20.3 Å². The van der Waals surface area contributed by atoms with E-state index in [4.69, 9.17) is 18.7 Å². The molecular weight excluding hydrogens is 272 g/mol. The van der Waals surface area contributed by atoms with E-state index in [1.165, 1.54) is 19.3 Å². The zero-order valence-corrected chi connectivity index (χ0v) is 13.2. The van der Waals surface area contributed by atoms with Crippen LogP contribution in [-0.2, 0) is 14.2 Å². The summed E-state index contributed by atoms with van der Waals surface area (Å²) in [6.07, 6.45) is 5.41. The van der Waals surface area contributed by atoms with Crippen LogP contribution >= 0.6 is 0 Å². The van der Waals surface area contributed by atoms with Gasteiger partial charge in [-0.15, -0.1) is 0 Å². The maximum atomic E-state index is 5.62. The molecule has 0 bridgehead atoms. The van der Waals surface area contributed by atoms with Crippen molar-refractivity contribution in [3.8, 4) is 0 Å². The molecule has 0 amide bonds. The van der Waals surface area contributed by atoms with Gasteiger partial charge < -0.3 is 18.7 Å². The van der Waals surface area contributed by atoms with E-state index in [1.54, 1.807) is 7.11 Å². The van der Waals surface area contributed by atoms with Gasteiger partial charge in [-0.3, -0.25) is 0 Å². The van der Waals surface area contributed by atoms with Crippen LogP contribution in [0.3, 0.4) is 0 Å². The SMILES string of the molecule is CCOC(OCC)c1nc(C(OC)C2CCCCC2)no1. The van der Waals surface area contributed by atoms with Crippen molar-refractivity contribution in [2.24, 2.45) is 5.92 Å². The summed E-state index contributed by atoms with van der Waals surface area (Å²) in [5, 5.41) is 4.08. The lowest BCUT2D eigenvalue weighted by Gasteiger charge is -2.26. The molecule has 21 heavy (non-hydrogen) atoms. The molecule has 0 aromatic carbocycles. The Bertz CT molecular complexity index is 398. The quantitative estimate of drug-likeness (QED) is 0.685. The minimum Gasteiger partial charge on any atom is -0.373 e. The van der Waals surface area contributed by atoms with E-state index in [1.807, 2.05) is 13.8 Å². The van der Waals surface area contributed by atoms with Crippen molar-refractivity contribution in [1.29, 1.82) is 0 Å². The molecule has 6 nitrogen and oxygen atoms in total. The average Bonchev–Trinajstić information content (AvgIpc) is 2.98. The molecule has 1 aromatic rings. The van der Waals surface area contributed by atoms with E-state index in [9.17, 15) is 0 Å². The molecule has 1 aliphatic rings. The smallest absolute Gasteiger partial charge is 0.283 e. The number of ether oxygens (including phenoxy) is 3. The molecule has 0 aliphatic heterocycles. The third-order valence-corrected chi connectivity index (χ3v) is 3.88. The number of aromatic nitrogens is 2. The van der Waals surface area contributed by atoms with Crippen LogP contribution in [-0.4, -0.2) is 30.5 Å². The Morgan fingerprint density at radius 3 is 2.38 bits per heavy atom. The average molecular weight is 298 g/mol. The summed E-state index contributed by atoms with van der Waals surface area (Å²) in [6, 6.07) is 0. The molecule has 1 unspecified atom stereocenters. The lowest BCUT2D eigenvalue weighted by molar-refractivity contribution is -0.155. The minimum absolute atomic E-state index is 0.105. The fourth-order valence-electron chi connectivity index (χ4n) is 2.90. The van der Waals surface area contributed by atoms with Crippen LogP contribution in [0, 0.1) is 5.92 Å². The molecule has 1 aromatic heterocycles. The van der Waals surface area contributed by atoms with Gasteiger partial charge in [0.15, 0.2) is 0 Å². The lowest BCUT2D eigenvalue weighted by atomic mass is 9.85. The van der Waals surface area contributed by atoms with Crippen LogP contribution in [0.15, 0.2) is 4.52 Å². The van der Waals surface area contributed by atoms with Gasteiger partial charge in [0.1, 0.15) is 6.10 Å². The molecule has 1 atom stereocenters. The summed E-state index contributed by atoms with van der Waals surface area (Å²) in [4.78, 5) is 4.44. The standard InChI is InChI=1S/C15H26N2O4/c1-4-19-15(20-5-2)14-16-13(17-21-14)12(18-3)11-9-7-6-8-10-11/h11-12,15H,4-10H2,1-3H3. The molecule has 0 saturated heterocycles. The Labute approximate surface area is 126 Å². The van der Waals surface area contributed by atoms with Gasteiger partial charge in [-0.05, 0) is 32.6 Å². The van der Waals surface area contributed by atoms with Crippen LogP contribution in [0.4, 0.5) is 0 Å². The predicted molar refractivity (Wildman–Crippen MR) is 76.6 cm³/mol. The molecule has 1 saturated carbocycles. The van der Waals surface area contributed by atoms with E-state index in [-0.39, 0.29) is 6.10 Å². The predicted octanol–water partition coefficient (Wildman–Crippen LogP) is 3.41. The van der Waals surface area contributed by atoms with Crippen molar-refractivity contribution < 1.29 is 18.7 Å². The van der Waals surface area contributed by atoms with Crippen LogP contribution in [0.25, 0.3) is 0 Å². The second-order valence-corrected chi connectivity index (χ2v) is 5.29. The zero-order valence-electron chi connectivity index (χ0n) is 13.2. The Balaban J connectivity index is 2.08. The van der Waals surface area contributed by atoms with Crippen LogP contribution < -0.4 is 0 Å². The summed E-state index contributed by atoms with van der Waals surface area (Å²) >= 11 is 0. The lowest BCUT2D eigenvalue weighted by Crippen LogP contribution is -2.19. The summed E-state index contributed by atoms with van der Waals surface area (Å²) in [5.74, 6) is 1.43. The number of rotatable bonds is 8. The minimum atomic E-state index is -0.592. The second kappa shape index (κ2) is 8.46. The molecular formula is C15H26N2O4. The molecule has 0 radical (unpaired) electrons. The third-order valence-electron chi connectivity index (χ3n) is 3.88. The number of nitrogens with zero attached hydrogens (tertiary/aromatic N) is 2. The van der Waals surface area contributed by atoms with Gasteiger partial charge in [-0.2, -0.15) is 4.98 Å². The number of methoxy groups -OCH3 is 1. The maximum absolute atomic E-state index is 5.62. The van der Waals surface area contributed by atoms with Crippen molar-refractivity contribution in [2.45, 2.75) is 58.3 Å². The molecule has 1 heterocycles. The molecule has 120 valence electrons. The van der Waals surface area contributed by atoms with E-state index in [0.29, 0.717) is 30.8 Å². The van der Waals surface area contributed by atoms with Crippen molar-refractivity contribution >= 4 is 0 Å². The monoisotopic (exact) mass is 298 g/mol. The topological polar surface area (TPSA) is 66.6 Å². The Morgan fingerprint density at radius 1 is 1.14 bits per heavy atom. The summed E-state index contributed by atoms with van der Waals surface area (Å²) in [5.41, 5.74) is 0. The van der Waals surface area contributed by atoms with Crippen molar-refractivity contribution in [3.05, 3.63) is 11.7 Å². The highest BCUT2D eigenvalue weighted by Crippen LogP contribution is 2.35. The van der Waals surface area contributed by atoms with E-state index in [2.05, 4.69) is 10.1 Å². The first-order valence-electron chi connectivity index (χ1n) is 7.89. The van der Waals surface area contributed by atoms with E-state index >= 15 is 0 Å². The first-order chi connectivity index (χ1) is 10.3. The van der Waals surface area contributed by atoms with Gasteiger partial charge in [0.25, 0.3) is 5.89 Å². The molecule has 6 heteroatoms. The summed E-state index contributed by atoms with van der Waals surface area (Å²) < 4.78 is 21.9. The summed E-state index contributed by atoms with van der Waals surface area (Å²) in [7, 11) is 1.71. The maximum Gasteiger partial charge on any atom is 0.283 e. The van der Waals surface area contributed by atoms with E-state index < -0.39 is 6.29 Å². The Kier molecular flexibility index (Phi) is 6.60. The Hall–Kier alpha value is -0.980. The van der Waals surface area contributed by atoms with Gasteiger partial charge in [0.05, 0.1) is 0 Å².